The summed E-state index contributed by atoms with van der Waals surface area (Å²) in [4.78, 5) is 1.46. The predicted molar refractivity (Wildman–Crippen MR) is 79.0 cm³/mol. The van der Waals surface area contributed by atoms with E-state index in [1.54, 1.807) is 0 Å². The van der Waals surface area contributed by atoms with Gasteiger partial charge in [-0.15, -0.1) is 11.8 Å². The maximum Gasteiger partial charge on any atom is 0.0282 e. The molecule has 1 unspecified atom stereocenters. The lowest BCUT2D eigenvalue weighted by Gasteiger charge is -2.37. The summed E-state index contributed by atoms with van der Waals surface area (Å²) in [7, 11) is 0. The Morgan fingerprint density at radius 2 is 1.82 bits per heavy atom. The van der Waals surface area contributed by atoms with E-state index in [2.05, 4.69) is 53.9 Å². The summed E-state index contributed by atoms with van der Waals surface area (Å²) in [6.07, 6.45) is 8.71. The number of hydrogen-bond acceptors (Lipinski definition) is 2. The summed E-state index contributed by atoms with van der Waals surface area (Å²) in [5.74, 6) is 1.38. The monoisotopic (exact) mass is 264 g/mol. The zero-order valence-electron chi connectivity index (χ0n) is 10.2. The molecule has 0 aromatic heterocycles. The molecule has 1 aliphatic carbocycles. The first-order valence-electron chi connectivity index (χ1n) is 6.75. The molecule has 1 spiro atoms. The molecule has 1 aromatic rings. The summed E-state index contributed by atoms with van der Waals surface area (Å²) in [5.41, 5.74) is 0. The van der Waals surface area contributed by atoms with Crippen molar-refractivity contribution in [3.05, 3.63) is 30.3 Å². The van der Waals surface area contributed by atoms with Crippen LogP contribution in [0.15, 0.2) is 35.2 Å². The molecule has 0 radical (unpaired) electrons. The third kappa shape index (κ3) is 2.53. The summed E-state index contributed by atoms with van der Waals surface area (Å²) >= 11 is 4.41. The molecule has 2 fully saturated rings. The van der Waals surface area contributed by atoms with Crippen LogP contribution in [0.25, 0.3) is 0 Å². The first-order valence-corrected chi connectivity index (χ1v) is 8.61. The number of rotatable bonds is 2. The van der Waals surface area contributed by atoms with Crippen LogP contribution in [0.1, 0.15) is 38.5 Å². The Kier molecular flexibility index (Phi) is 3.72. The molecule has 3 rings (SSSR count). The van der Waals surface area contributed by atoms with Crippen molar-refractivity contribution in [1.29, 1.82) is 0 Å². The average Bonchev–Trinajstić information content (AvgIpc) is 2.74. The van der Waals surface area contributed by atoms with E-state index in [1.165, 1.54) is 49.2 Å². The van der Waals surface area contributed by atoms with Crippen molar-refractivity contribution in [2.75, 3.05) is 5.75 Å². The van der Waals surface area contributed by atoms with Gasteiger partial charge in [0.05, 0.1) is 0 Å². The molecule has 1 saturated carbocycles. The molecule has 1 aromatic carbocycles. The van der Waals surface area contributed by atoms with Gasteiger partial charge in [0, 0.05) is 14.9 Å². The van der Waals surface area contributed by atoms with Crippen LogP contribution in [-0.4, -0.2) is 15.7 Å². The number of hydrogen-bond donors (Lipinski definition) is 0. The van der Waals surface area contributed by atoms with Crippen LogP contribution in [-0.2, 0) is 0 Å². The Balaban J connectivity index is 1.73. The van der Waals surface area contributed by atoms with E-state index in [0.29, 0.717) is 4.75 Å². The lowest BCUT2D eigenvalue weighted by Crippen LogP contribution is -2.34. The second-order valence-electron chi connectivity index (χ2n) is 5.18. The summed E-state index contributed by atoms with van der Waals surface area (Å²) in [6.45, 7) is 0. The van der Waals surface area contributed by atoms with Crippen LogP contribution in [0.2, 0.25) is 0 Å². The van der Waals surface area contributed by atoms with Gasteiger partial charge in [-0.25, -0.2) is 0 Å². The molecule has 2 aliphatic rings. The quantitative estimate of drug-likeness (QED) is 0.738. The number of benzene rings is 1. The van der Waals surface area contributed by atoms with Gasteiger partial charge in [0.1, 0.15) is 0 Å². The molecule has 1 heterocycles. The fourth-order valence-corrected chi connectivity index (χ4v) is 6.64. The van der Waals surface area contributed by atoms with Crippen molar-refractivity contribution in [2.24, 2.45) is 0 Å². The van der Waals surface area contributed by atoms with E-state index >= 15 is 0 Å². The zero-order valence-corrected chi connectivity index (χ0v) is 11.9. The third-order valence-corrected chi connectivity index (χ3v) is 7.45. The molecule has 2 heteroatoms. The number of thioether (sulfide) groups is 2. The molecule has 1 aliphatic heterocycles. The van der Waals surface area contributed by atoms with Crippen molar-refractivity contribution in [1.82, 2.24) is 0 Å². The fourth-order valence-electron chi connectivity index (χ4n) is 3.17. The van der Waals surface area contributed by atoms with Crippen molar-refractivity contribution >= 4 is 23.5 Å². The second kappa shape index (κ2) is 5.27. The molecular formula is C15H20S2. The minimum Gasteiger partial charge on any atom is -0.154 e. The van der Waals surface area contributed by atoms with Crippen LogP contribution >= 0.6 is 23.5 Å². The van der Waals surface area contributed by atoms with Gasteiger partial charge in [-0.05, 0) is 37.1 Å². The maximum absolute atomic E-state index is 2.27. The Hall–Kier alpha value is -0.0800. The molecule has 0 nitrogen and oxygen atoms in total. The van der Waals surface area contributed by atoms with Gasteiger partial charge in [0.25, 0.3) is 0 Å². The lowest BCUT2D eigenvalue weighted by atomic mass is 9.85. The predicted octanol–water partition coefficient (Wildman–Crippen LogP) is 4.99. The van der Waals surface area contributed by atoms with E-state index in [-0.39, 0.29) is 0 Å². The van der Waals surface area contributed by atoms with Crippen molar-refractivity contribution in [2.45, 2.75) is 53.4 Å². The molecule has 17 heavy (non-hydrogen) atoms. The molecular weight excluding hydrogens is 244 g/mol. The summed E-state index contributed by atoms with van der Waals surface area (Å²) in [6, 6.07) is 11.0. The highest BCUT2D eigenvalue weighted by Crippen LogP contribution is 2.53. The smallest absolute Gasteiger partial charge is 0.0282 e. The van der Waals surface area contributed by atoms with Gasteiger partial charge >= 0.3 is 0 Å². The zero-order chi connectivity index (χ0) is 11.6. The highest BCUT2D eigenvalue weighted by Gasteiger charge is 2.44. The minimum atomic E-state index is 0.624. The van der Waals surface area contributed by atoms with E-state index in [1.807, 2.05) is 0 Å². The summed E-state index contributed by atoms with van der Waals surface area (Å²) in [5, 5.41) is 0.857. The topological polar surface area (TPSA) is 0 Å². The SMILES string of the molecule is c1ccc(SC2CCSC23CCCCC3)cc1. The van der Waals surface area contributed by atoms with Gasteiger partial charge in [0.2, 0.25) is 0 Å². The van der Waals surface area contributed by atoms with Crippen LogP contribution in [0.4, 0.5) is 0 Å². The first kappa shape index (κ1) is 12.0. The van der Waals surface area contributed by atoms with Crippen molar-refractivity contribution in [3.63, 3.8) is 0 Å². The van der Waals surface area contributed by atoms with Crippen molar-refractivity contribution in [3.8, 4) is 0 Å². The summed E-state index contributed by atoms with van der Waals surface area (Å²) < 4.78 is 0.624. The second-order valence-corrected chi connectivity index (χ2v) is 7.97. The molecule has 92 valence electrons. The Bertz CT molecular complexity index is 354. The van der Waals surface area contributed by atoms with Crippen LogP contribution in [0.5, 0.6) is 0 Å². The maximum atomic E-state index is 2.27. The van der Waals surface area contributed by atoms with E-state index < -0.39 is 0 Å². The first-order chi connectivity index (χ1) is 8.39. The van der Waals surface area contributed by atoms with Crippen LogP contribution < -0.4 is 0 Å². The van der Waals surface area contributed by atoms with E-state index in [0.717, 1.165) is 5.25 Å². The fraction of sp³-hybridized carbons (Fsp3) is 0.600. The lowest BCUT2D eigenvalue weighted by molar-refractivity contribution is 0.395. The normalized spacial score (nSPS) is 27.4. The Morgan fingerprint density at radius 3 is 2.59 bits per heavy atom. The molecule has 0 bridgehead atoms. The van der Waals surface area contributed by atoms with Gasteiger partial charge in [-0.1, -0.05) is 37.5 Å². The molecule has 0 amide bonds. The van der Waals surface area contributed by atoms with Crippen LogP contribution in [0.3, 0.4) is 0 Å². The van der Waals surface area contributed by atoms with Gasteiger partial charge < -0.3 is 0 Å². The third-order valence-electron chi connectivity index (χ3n) is 4.08. The van der Waals surface area contributed by atoms with Gasteiger partial charge in [-0.3, -0.25) is 0 Å². The van der Waals surface area contributed by atoms with Gasteiger partial charge in [-0.2, -0.15) is 11.8 Å². The Labute approximate surface area is 113 Å². The molecule has 0 N–H and O–H groups in total. The highest BCUT2D eigenvalue weighted by molar-refractivity contribution is 8.05. The van der Waals surface area contributed by atoms with Crippen molar-refractivity contribution < 1.29 is 0 Å². The van der Waals surface area contributed by atoms with Crippen LogP contribution in [0, 0.1) is 0 Å². The van der Waals surface area contributed by atoms with E-state index in [4.69, 9.17) is 0 Å². The van der Waals surface area contributed by atoms with E-state index in [9.17, 15) is 0 Å². The van der Waals surface area contributed by atoms with Gasteiger partial charge in [0.15, 0.2) is 0 Å². The highest BCUT2D eigenvalue weighted by atomic mass is 32.2. The average molecular weight is 264 g/mol. The minimum absolute atomic E-state index is 0.624. The Morgan fingerprint density at radius 1 is 1.06 bits per heavy atom. The molecule has 1 saturated heterocycles. The molecule has 1 atom stereocenters. The largest absolute Gasteiger partial charge is 0.154 e. The standard InChI is InChI=1S/C15H20S2/c1-3-7-13(8-4-1)17-14-9-12-16-15(14)10-5-2-6-11-15/h1,3-4,7-8,14H,2,5-6,9-12H2.